The Hall–Kier alpha value is -2.25. The van der Waals surface area contributed by atoms with Crippen LogP contribution in [0.4, 0.5) is 5.13 Å². The minimum Gasteiger partial charge on any atom is -0.465 e. The number of hydrogen-bond acceptors (Lipinski definition) is 6. The van der Waals surface area contributed by atoms with Gasteiger partial charge in [0.15, 0.2) is 5.13 Å². The van der Waals surface area contributed by atoms with Crippen LogP contribution < -0.4 is 5.32 Å². The Balaban J connectivity index is 1.76. The first-order valence-electron chi connectivity index (χ1n) is 7.64. The predicted octanol–water partition coefficient (Wildman–Crippen LogP) is 2.91. The van der Waals surface area contributed by atoms with Crippen molar-refractivity contribution in [2.24, 2.45) is 0 Å². The SMILES string of the molecule is COCCCCOC(=O)Cc1csc(NC(=O)c2ccccc2)n1. The maximum absolute atomic E-state index is 12.0. The molecule has 7 heteroatoms. The number of aromatic nitrogens is 1. The van der Waals surface area contributed by atoms with Crippen molar-refractivity contribution >= 4 is 28.3 Å². The van der Waals surface area contributed by atoms with Gasteiger partial charge in [0.1, 0.15) is 0 Å². The van der Waals surface area contributed by atoms with Gasteiger partial charge < -0.3 is 9.47 Å². The summed E-state index contributed by atoms with van der Waals surface area (Å²) in [5.41, 5.74) is 1.15. The monoisotopic (exact) mass is 348 g/mol. The van der Waals surface area contributed by atoms with E-state index >= 15 is 0 Å². The number of ether oxygens (including phenoxy) is 2. The second-order valence-corrected chi connectivity index (χ2v) is 5.92. The van der Waals surface area contributed by atoms with Crippen LogP contribution in [0.3, 0.4) is 0 Å². The molecule has 0 unspecified atom stereocenters. The Kier molecular flexibility index (Phi) is 7.38. The molecule has 0 spiro atoms. The van der Waals surface area contributed by atoms with E-state index in [9.17, 15) is 9.59 Å². The smallest absolute Gasteiger partial charge is 0.311 e. The zero-order valence-electron chi connectivity index (χ0n) is 13.5. The quantitative estimate of drug-likeness (QED) is 0.557. The third-order valence-corrected chi connectivity index (χ3v) is 3.95. The van der Waals surface area contributed by atoms with Crippen molar-refractivity contribution in [1.82, 2.24) is 4.98 Å². The molecule has 2 rings (SSSR count). The van der Waals surface area contributed by atoms with E-state index in [0.717, 1.165) is 12.8 Å². The molecule has 0 saturated heterocycles. The average molecular weight is 348 g/mol. The number of thiazole rings is 1. The van der Waals surface area contributed by atoms with Crippen LogP contribution in [-0.2, 0) is 20.7 Å². The van der Waals surface area contributed by atoms with Crippen LogP contribution in [0.1, 0.15) is 28.9 Å². The molecule has 6 nitrogen and oxygen atoms in total. The molecule has 0 aliphatic heterocycles. The Bertz CT molecular complexity index is 658. The Morgan fingerprint density at radius 3 is 2.67 bits per heavy atom. The highest BCUT2D eigenvalue weighted by Crippen LogP contribution is 2.17. The van der Waals surface area contributed by atoms with Gasteiger partial charge >= 0.3 is 5.97 Å². The van der Waals surface area contributed by atoms with Gasteiger partial charge in [-0.25, -0.2) is 4.98 Å². The lowest BCUT2D eigenvalue weighted by Crippen LogP contribution is -2.12. The first-order valence-corrected chi connectivity index (χ1v) is 8.52. The summed E-state index contributed by atoms with van der Waals surface area (Å²) in [5, 5.41) is 4.93. The minimum absolute atomic E-state index is 0.0992. The molecular weight excluding hydrogens is 328 g/mol. The van der Waals surface area contributed by atoms with Crippen molar-refractivity contribution in [3.63, 3.8) is 0 Å². The second-order valence-electron chi connectivity index (χ2n) is 5.06. The zero-order chi connectivity index (χ0) is 17.2. The number of anilines is 1. The minimum atomic E-state index is -0.321. The molecule has 0 aliphatic carbocycles. The van der Waals surface area contributed by atoms with Gasteiger partial charge in [0.05, 0.1) is 18.7 Å². The summed E-state index contributed by atoms with van der Waals surface area (Å²) in [6, 6.07) is 8.89. The lowest BCUT2D eigenvalue weighted by atomic mass is 10.2. The van der Waals surface area contributed by atoms with Crippen molar-refractivity contribution < 1.29 is 19.1 Å². The second kappa shape index (κ2) is 9.79. The summed E-state index contributed by atoms with van der Waals surface area (Å²) in [6.45, 7) is 1.04. The van der Waals surface area contributed by atoms with Gasteiger partial charge in [-0.3, -0.25) is 14.9 Å². The maximum Gasteiger partial charge on any atom is 0.311 e. The zero-order valence-corrected chi connectivity index (χ0v) is 14.3. The van der Waals surface area contributed by atoms with Gasteiger partial charge in [0, 0.05) is 24.7 Å². The number of unbranched alkanes of at least 4 members (excludes halogenated alkanes) is 1. The summed E-state index contributed by atoms with van der Waals surface area (Å²) >= 11 is 1.28. The van der Waals surface area contributed by atoms with Crippen LogP contribution in [0, 0.1) is 0 Å². The third-order valence-electron chi connectivity index (χ3n) is 3.14. The fourth-order valence-electron chi connectivity index (χ4n) is 1.94. The van der Waals surface area contributed by atoms with E-state index in [4.69, 9.17) is 9.47 Å². The molecule has 0 bridgehead atoms. The van der Waals surface area contributed by atoms with Crippen molar-refractivity contribution in [2.45, 2.75) is 19.3 Å². The van der Waals surface area contributed by atoms with Gasteiger partial charge in [-0.1, -0.05) is 18.2 Å². The van der Waals surface area contributed by atoms with E-state index in [1.54, 1.807) is 36.8 Å². The molecule has 128 valence electrons. The normalized spacial score (nSPS) is 10.4. The highest BCUT2D eigenvalue weighted by Gasteiger charge is 2.11. The number of nitrogens with one attached hydrogen (secondary N) is 1. The molecule has 1 N–H and O–H groups in total. The van der Waals surface area contributed by atoms with E-state index in [2.05, 4.69) is 10.3 Å². The number of methoxy groups -OCH3 is 1. The van der Waals surface area contributed by atoms with Crippen LogP contribution in [-0.4, -0.2) is 37.2 Å². The summed E-state index contributed by atoms with van der Waals surface area (Å²) < 4.78 is 10.1. The van der Waals surface area contributed by atoms with E-state index in [1.165, 1.54) is 11.3 Å². The van der Waals surface area contributed by atoms with Crippen molar-refractivity contribution in [2.75, 3.05) is 25.6 Å². The molecule has 1 amide bonds. The molecular formula is C17H20N2O4S. The first kappa shape index (κ1) is 18.1. The maximum atomic E-state index is 12.0. The van der Waals surface area contributed by atoms with E-state index in [0.29, 0.717) is 29.6 Å². The Labute approximate surface area is 144 Å². The van der Waals surface area contributed by atoms with Crippen LogP contribution in [0.25, 0.3) is 0 Å². The predicted molar refractivity (Wildman–Crippen MR) is 92.3 cm³/mol. The third kappa shape index (κ3) is 6.10. The molecule has 0 aliphatic rings. The van der Waals surface area contributed by atoms with Crippen LogP contribution in [0.15, 0.2) is 35.7 Å². The van der Waals surface area contributed by atoms with Crippen molar-refractivity contribution in [1.29, 1.82) is 0 Å². The molecule has 0 atom stereocenters. The molecule has 24 heavy (non-hydrogen) atoms. The molecule has 1 aromatic carbocycles. The van der Waals surface area contributed by atoms with Crippen molar-refractivity contribution in [3.05, 3.63) is 47.0 Å². The topological polar surface area (TPSA) is 77.5 Å². The van der Waals surface area contributed by atoms with Crippen LogP contribution in [0.5, 0.6) is 0 Å². The van der Waals surface area contributed by atoms with Crippen LogP contribution in [0.2, 0.25) is 0 Å². The number of benzene rings is 1. The first-order chi connectivity index (χ1) is 11.7. The number of esters is 1. The number of hydrogen-bond donors (Lipinski definition) is 1. The Morgan fingerprint density at radius 2 is 1.92 bits per heavy atom. The highest BCUT2D eigenvalue weighted by molar-refractivity contribution is 7.14. The van der Waals surface area contributed by atoms with Crippen LogP contribution >= 0.6 is 11.3 Å². The number of carbonyl (C=O) groups is 2. The lowest BCUT2D eigenvalue weighted by Gasteiger charge is -2.03. The van der Waals surface area contributed by atoms with Gasteiger partial charge in [0.25, 0.3) is 5.91 Å². The largest absolute Gasteiger partial charge is 0.465 e. The molecule has 2 aromatic rings. The van der Waals surface area contributed by atoms with Crippen molar-refractivity contribution in [3.8, 4) is 0 Å². The number of rotatable bonds is 9. The van der Waals surface area contributed by atoms with E-state index < -0.39 is 0 Å². The number of amides is 1. The summed E-state index contributed by atoms with van der Waals surface area (Å²) in [7, 11) is 1.64. The standard InChI is InChI=1S/C17H20N2O4S/c1-22-9-5-6-10-23-15(20)11-14-12-24-17(18-14)19-16(21)13-7-3-2-4-8-13/h2-4,7-8,12H,5-6,9-11H2,1H3,(H,18,19,21). The summed E-state index contributed by atoms with van der Waals surface area (Å²) in [6.07, 6.45) is 1.73. The molecule has 0 radical (unpaired) electrons. The van der Waals surface area contributed by atoms with E-state index in [-0.39, 0.29) is 18.3 Å². The van der Waals surface area contributed by atoms with Gasteiger partial charge in [-0.2, -0.15) is 0 Å². The van der Waals surface area contributed by atoms with Gasteiger partial charge in [-0.05, 0) is 25.0 Å². The molecule has 0 fully saturated rings. The molecule has 0 saturated carbocycles. The fraction of sp³-hybridized carbons (Fsp3) is 0.353. The molecule has 1 heterocycles. The number of carbonyl (C=O) groups excluding carboxylic acids is 2. The summed E-state index contributed by atoms with van der Waals surface area (Å²) in [4.78, 5) is 28.0. The highest BCUT2D eigenvalue weighted by atomic mass is 32.1. The van der Waals surface area contributed by atoms with Gasteiger partial charge in [0.2, 0.25) is 0 Å². The van der Waals surface area contributed by atoms with Gasteiger partial charge in [-0.15, -0.1) is 11.3 Å². The summed E-state index contributed by atoms with van der Waals surface area (Å²) in [5.74, 6) is -0.545. The number of nitrogens with zero attached hydrogens (tertiary/aromatic N) is 1. The lowest BCUT2D eigenvalue weighted by molar-refractivity contribution is -0.143. The fourth-order valence-corrected chi connectivity index (χ4v) is 2.64. The molecule has 1 aromatic heterocycles. The Morgan fingerprint density at radius 1 is 1.17 bits per heavy atom. The average Bonchev–Trinajstić information content (AvgIpc) is 3.02. The van der Waals surface area contributed by atoms with E-state index in [1.807, 2.05) is 6.07 Å².